The Morgan fingerprint density at radius 3 is 2.79 bits per heavy atom. The zero-order valence-corrected chi connectivity index (χ0v) is 12.1. The van der Waals surface area contributed by atoms with Gasteiger partial charge < -0.3 is 10.5 Å². The molecule has 0 amide bonds. The molecule has 6 heteroatoms. The lowest BCUT2D eigenvalue weighted by molar-refractivity contribution is 0.414. The van der Waals surface area contributed by atoms with Crippen molar-refractivity contribution >= 4 is 11.8 Å². The van der Waals surface area contributed by atoms with Gasteiger partial charge in [0, 0.05) is 6.04 Å². The minimum absolute atomic E-state index is 0.0177. The lowest BCUT2D eigenvalue weighted by atomic mass is 10.1. The average molecular weight is 278 g/mol. The molecule has 0 saturated carbocycles. The first kappa shape index (κ1) is 13.9. The van der Waals surface area contributed by atoms with E-state index in [4.69, 9.17) is 10.5 Å². The van der Waals surface area contributed by atoms with E-state index in [0.29, 0.717) is 5.16 Å². The quantitative estimate of drug-likeness (QED) is 0.821. The van der Waals surface area contributed by atoms with Crippen LogP contribution >= 0.6 is 11.8 Å². The molecule has 0 spiro atoms. The van der Waals surface area contributed by atoms with E-state index in [1.54, 1.807) is 18.9 Å². The predicted octanol–water partition coefficient (Wildman–Crippen LogP) is 2.30. The summed E-state index contributed by atoms with van der Waals surface area (Å²) >= 11 is 1.56. The first-order chi connectivity index (χ1) is 9.10. The molecule has 1 aromatic heterocycles. The van der Waals surface area contributed by atoms with Crippen molar-refractivity contribution in [2.24, 2.45) is 5.73 Å². The molecule has 5 nitrogen and oxygen atoms in total. The first-order valence-corrected chi connectivity index (χ1v) is 6.93. The van der Waals surface area contributed by atoms with Gasteiger partial charge in [-0.25, -0.2) is 4.98 Å². The summed E-state index contributed by atoms with van der Waals surface area (Å²) < 4.78 is 5.25. The second-order valence-electron chi connectivity index (χ2n) is 4.38. The maximum atomic E-state index is 6.09. The standard InChI is InChI=1S/C13H18N4OS/c1-8(14)12(19-13-15-9(2)16-17-13)10-5-4-6-11(7-10)18-3/h4-8,12H,14H2,1-3H3,(H,15,16,17). The Kier molecular flexibility index (Phi) is 4.44. The number of thioether (sulfide) groups is 1. The maximum Gasteiger partial charge on any atom is 0.209 e. The first-order valence-electron chi connectivity index (χ1n) is 6.05. The van der Waals surface area contributed by atoms with Crippen molar-refractivity contribution in [2.75, 3.05) is 7.11 Å². The van der Waals surface area contributed by atoms with Crippen molar-refractivity contribution in [2.45, 2.75) is 30.3 Å². The largest absolute Gasteiger partial charge is 0.497 e. The molecule has 2 aromatic rings. The van der Waals surface area contributed by atoms with Crippen LogP contribution in [0.2, 0.25) is 0 Å². The third kappa shape index (κ3) is 3.48. The number of rotatable bonds is 5. The summed E-state index contributed by atoms with van der Waals surface area (Å²) in [5, 5.41) is 7.78. The number of aromatic amines is 1. The minimum Gasteiger partial charge on any atom is -0.497 e. The van der Waals surface area contributed by atoms with Crippen molar-refractivity contribution in [3.05, 3.63) is 35.7 Å². The number of benzene rings is 1. The number of aryl methyl sites for hydroxylation is 1. The zero-order chi connectivity index (χ0) is 13.8. The Morgan fingerprint density at radius 2 is 2.21 bits per heavy atom. The monoisotopic (exact) mass is 278 g/mol. The molecule has 102 valence electrons. The van der Waals surface area contributed by atoms with Crippen molar-refractivity contribution in [1.29, 1.82) is 0 Å². The normalized spacial score (nSPS) is 14.1. The van der Waals surface area contributed by atoms with E-state index in [1.807, 2.05) is 38.1 Å². The van der Waals surface area contributed by atoms with Gasteiger partial charge in [0.1, 0.15) is 11.6 Å². The predicted molar refractivity (Wildman–Crippen MR) is 76.4 cm³/mol. The highest BCUT2D eigenvalue weighted by Crippen LogP contribution is 2.36. The van der Waals surface area contributed by atoms with Crippen LogP contribution < -0.4 is 10.5 Å². The molecule has 0 radical (unpaired) electrons. The van der Waals surface area contributed by atoms with Crippen LogP contribution in [-0.2, 0) is 0 Å². The third-order valence-corrected chi connectivity index (χ3v) is 4.06. The highest BCUT2D eigenvalue weighted by Gasteiger charge is 2.20. The summed E-state index contributed by atoms with van der Waals surface area (Å²) in [6.45, 7) is 3.86. The number of nitrogens with zero attached hydrogens (tertiary/aromatic N) is 2. The van der Waals surface area contributed by atoms with Crippen LogP contribution in [0, 0.1) is 6.92 Å². The molecule has 0 aliphatic heterocycles. The van der Waals surface area contributed by atoms with E-state index in [0.717, 1.165) is 17.1 Å². The second-order valence-corrected chi connectivity index (χ2v) is 5.49. The average Bonchev–Trinajstić information content (AvgIpc) is 2.81. The van der Waals surface area contributed by atoms with Crippen LogP contribution in [0.1, 0.15) is 23.6 Å². The van der Waals surface area contributed by atoms with Crippen molar-refractivity contribution in [1.82, 2.24) is 15.2 Å². The Hall–Kier alpha value is -1.53. The van der Waals surface area contributed by atoms with Gasteiger partial charge in [0.2, 0.25) is 5.16 Å². The molecule has 0 fully saturated rings. The number of nitrogens with one attached hydrogen (secondary N) is 1. The molecule has 0 saturated heterocycles. The van der Waals surface area contributed by atoms with Gasteiger partial charge in [-0.05, 0) is 31.5 Å². The van der Waals surface area contributed by atoms with Gasteiger partial charge in [-0.2, -0.15) is 0 Å². The topological polar surface area (TPSA) is 76.8 Å². The molecular weight excluding hydrogens is 260 g/mol. The Balaban J connectivity index is 2.24. The second kappa shape index (κ2) is 6.08. The van der Waals surface area contributed by atoms with Crippen molar-refractivity contribution in [3.8, 4) is 5.75 Å². The molecule has 1 aromatic carbocycles. The Morgan fingerprint density at radius 1 is 1.42 bits per heavy atom. The molecule has 3 N–H and O–H groups in total. The molecule has 2 atom stereocenters. The third-order valence-electron chi connectivity index (χ3n) is 2.71. The SMILES string of the molecule is COc1cccc(C(Sc2n[nH]c(C)n2)C(C)N)c1. The summed E-state index contributed by atoms with van der Waals surface area (Å²) in [7, 11) is 1.66. The summed E-state index contributed by atoms with van der Waals surface area (Å²) in [5.41, 5.74) is 7.20. The van der Waals surface area contributed by atoms with Gasteiger partial charge in [0.25, 0.3) is 0 Å². The molecular formula is C13H18N4OS. The molecule has 1 heterocycles. The number of hydrogen-bond donors (Lipinski definition) is 2. The van der Waals surface area contributed by atoms with Crippen LogP contribution in [-0.4, -0.2) is 28.3 Å². The number of ether oxygens (including phenoxy) is 1. The van der Waals surface area contributed by atoms with Crippen LogP contribution in [0.15, 0.2) is 29.4 Å². The fourth-order valence-electron chi connectivity index (χ4n) is 1.79. The van der Waals surface area contributed by atoms with Gasteiger partial charge in [0.15, 0.2) is 0 Å². The molecule has 19 heavy (non-hydrogen) atoms. The van der Waals surface area contributed by atoms with E-state index in [-0.39, 0.29) is 11.3 Å². The van der Waals surface area contributed by atoms with Crippen LogP contribution in [0.4, 0.5) is 0 Å². The number of nitrogens with two attached hydrogens (primary N) is 1. The van der Waals surface area contributed by atoms with E-state index in [2.05, 4.69) is 15.2 Å². The van der Waals surface area contributed by atoms with Crippen LogP contribution in [0.5, 0.6) is 5.75 Å². The van der Waals surface area contributed by atoms with Gasteiger partial charge in [-0.3, -0.25) is 5.10 Å². The van der Waals surface area contributed by atoms with E-state index >= 15 is 0 Å². The van der Waals surface area contributed by atoms with Gasteiger partial charge in [-0.15, -0.1) is 5.10 Å². The number of hydrogen-bond acceptors (Lipinski definition) is 5. The van der Waals surface area contributed by atoms with Crippen LogP contribution in [0.3, 0.4) is 0 Å². The zero-order valence-electron chi connectivity index (χ0n) is 11.3. The molecule has 0 aliphatic rings. The Labute approximate surface area is 117 Å². The van der Waals surface area contributed by atoms with Gasteiger partial charge in [-0.1, -0.05) is 23.9 Å². The van der Waals surface area contributed by atoms with Gasteiger partial charge >= 0.3 is 0 Å². The Bertz CT molecular complexity index is 541. The van der Waals surface area contributed by atoms with Crippen LogP contribution in [0.25, 0.3) is 0 Å². The fraction of sp³-hybridized carbons (Fsp3) is 0.385. The minimum atomic E-state index is -0.0177. The highest BCUT2D eigenvalue weighted by molar-refractivity contribution is 7.99. The number of aromatic nitrogens is 3. The van der Waals surface area contributed by atoms with Gasteiger partial charge in [0.05, 0.1) is 12.4 Å². The van der Waals surface area contributed by atoms with E-state index in [9.17, 15) is 0 Å². The van der Waals surface area contributed by atoms with E-state index < -0.39 is 0 Å². The summed E-state index contributed by atoms with van der Waals surface area (Å²) in [4.78, 5) is 4.31. The fourth-order valence-corrected chi connectivity index (χ4v) is 2.80. The van der Waals surface area contributed by atoms with E-state index in [1.165, 1.54) is 0 Å². The molecule has 0 bridgehead atoms. The lowest BCUT2D eigenvalue weighted by Crippen LogP contribution is -2.22. The maximum absolute atomic E-state index is 6.09. The smallest absolute Gasteiger partial charge is 0.209 e. The summed E-state index contributed by atoms with van der Waals surface area (Å²) in [5.74, 6) is 1.63. The highest BCUT2D eigenvalue weighted by atomic mass is 32.2. The summed E-state index contributed by atoms with van der Waals surface area (Å²) in [6, 6.07) is 7.91. The molecule has 2 rings (SSSR count). The number of H-pyrrole nitrogens is 1. The van der Waals surface area contributed by atoms with Crippen molar-refractivity contribution in [3.63, 3.8) is 0 Å². The molecule has 2 unspecified atom stereocenters. The summed E-state index contributed by atoms with van der Waals surface area (Å²) in [6.07, 6.45) is 0. The lowest BCUT2D eigenvalue weighted by Gasteiger charge is -2.19. The molecule has 0 aliphatic carbocycles. The van der Waals surface area contributed by atoms with Crippen molar-refractivity contribution < 1.29 is 4.74 Å². The number of methoxy groups -OCH3 is 1.